The van der Waals surface area contributed by atoms with Gasteiger partial charge in [0.25, 0.3) is 0 Å². The Bertz CT molecular complexity index is 422. The third kappa shape index (κ3) is 3.23. The van der Waals surface area contributed by atoms with Crippen LogP contribution in [-0.4, -0.2) is 26.5 Å². The first-order chi connectivity index (χ1) is 8.60. The Morgan fingerprint density at radius 3 is 2.83 bits per heavy atom. The lowest BCUT2D eigenvalue weighted by Crippen LogP contribution is -2.32. The molecule has 1 N–H and O–H groups in total. The molecule has 1 aromatic heterocycles. The summed E-state index contributed by atoms with van der Waals surface area (Å²) in [7, 11) is 0. The van der Waals surface area contributed by atoms with Crippen LogP contribution >= 0.6 is 23.1 Å². The predicted octanol–water partition coefficient (Wildman–Crippen LogP) is 3.22. The van der Waals surface area contributed by atoms with Crippen LogP contribution in [0.4, 0.5) is 0 Å². The second-order valence-corrected chi connectivity index (χ2v) is 7.44. The maximum Gasteiger partial charge on any atom is 0.307 e. The van der Waals surface area contributed by atoms with Gasteiger partial charge in [0, 0.05) is 5.25 Å². The minimum Gasteiger partial charge on any atom is -0.481 e. The van der Waals surface area contributed by atoms with Crippen molar-refractivity contribution in [3.05, 3.63) is 5.01 Å². The molecule has 1 saturated carbocycles. The molecule has 2 rings (SSSR count). The summed E-state index contributed by atoms with van der Waals surface area (Å²) in [6.07, 6.45) is 3.96. The van der Waals surface area contributed by atoms with Gasteiger partial charge < -0.3 is 5.11 Å². The van der Waals surface area contributed by atoms with Gasteiger partial charge in [0.05, 0.1) is 5.92 Å². The molecule has 1 aliphatic carbocycles. The van der Waals surface area contributed by atoms with Crippen molar-refractivity contribution >= 4 is 29.1 Å². The lowest BCUT2D eigenvalue weighted by atomic mass is 9.80. The molecule has 1 aliphatic rings. The van der Waals surface area contributed by atoms with Gasteiger partial charge in [0.2, 0.25) is 0 Å². The van der Waals surface area contributed by atoms with Crippen LogP contribution in [0.5, 0.6) is 0 Å². The standard InChI is InChI=1S/C12H18N2O2S2/c1-3-8-4-5-9(11(15)16)10(6-8)18-12-14-13-7(2)17-12/h8-10H,3-6H2,1-2H3,(H,15,16). The zero-order valence-corrected chi connectivity index (χ0v) is 12.3. The number of carboxylic acids is 1. The van der Waals surface area contributed by atoms with E-state index in [4.69, 9.17) is 0 Å². The summed E-state index contributed by atoms with van der Waals surface area (Å²) in [5.41, 5.74) is 0. The van der Waals surface area contributed by atoms with Crippen LogP contribution in [0.15, 0.2) is 4.34 Å². The molecule has 3 unspecified atom stereocenters. The second-order valence-electron chi connectivity index (χ2n) is 4.78. The molecule has 0 bridgehead atoms. The first kappa shape index (κ1) is 13.8. The van der Waals surface area contributed by atoms with E-state index >= 15 is 0 Å². The van der Waals surface area contributed by atoms with E-state index in [0.717, 1.165) is 35.0 Å². The normalized spacial score (nSPS) is 28.2. The molecule has 0 saturated heterocycles. The summed E-state index contributed by atoms with van der Waals surface area (Å²) >= 11 is 3.16. The number of rotatable bonds is 4. The highest BCUT2D eigenvalue weighted by atomic mass is 32.2. The van der Waals surface area contributed by atoms with E-state index < -0.39 is 5.97 Å². The molecule has 1 heterocycles. The first-order valence-corrected chi connectivity index (χ1v) is 7.99. The Kier molecular flexibility index (Phi) is 4.61. The molecule has 100 valence electrons. The number of aliphatic carboxylic acids is 1. The van der Waals surface area contributed by atoms with E-state index in [0.29, 0.717) is 5.92 Å². The fraction of sp³-hybridized carbons (Fsp3) is 0.750. The summed E-state index contributed by atoms with van der Waals surface area (Å²) < 4.78 is 0.903. The van der Waals surface area contributed by atoms with Crippen molar-refractivity contribution in [1.82, 2.24) is 10.2 Å². The van der Waals surface area contributed by atoms with Gasteiger partial charge >= 0.3 is 5.97 Å². The van der Waals surface area contributed by atoms with Crippen LogP contribution in [0.25, 0.3) is 0 Å². The van der Waals surface area contributed by atoms with E-state index in [-0.39, 0.29) is 11.2 Å². The molecule has 1 fully saturated rings. The van der Waals surface area contributed by atoms with Crippen molar-refractivity contribution in [2.24, 2.45) is 11.8 Å². The zero-order chi connectivity index (χ0) is 13.1. The van der Waals surface area contributed by atoms with Gasteiger partial charge in [-0.05, 0) is 32.1 Å². The Morgan fingerprint density at radius 2 is 2.28 bits per heavy atom. The van der Waals surface area contributed by atoms with Gasteiger partial charge in [-0.25, -0.2) is 0 Å². The molecule has 4 nitrogen and oxygen atoms in total. The number of aromatic nitrogens is 2. The lowest BCUT2D eigenvalue weighted by molar-refractivity contribution is -0.142. The van der Waals surface area contributed by atoms with Crippen molar-refractivity contribution in [1.29, 1.82) is 0 Å². The molecular weight excluding hydrogens is 268 g/mol. The summed E-state index contributed by atoms with van der Waals surface area (Å²) in [5.74, 6) is -0.239. The van der Waals surface area contributed by atoms with E-state index in [1.165, 1.54) is 0 Å². The summed E-state index contributed by atoms with van der Waals surface area (Å²) in [5, 5.41) is 18.5. The topological polar surface area (TPSA) is 63.1 Å². The number of carbonyl (C=O) groups is 1. The SMILES string of the molecule is CCC1CCC(C(=O)O)C(Sc2nnc(C)s2)C1. The molecule has 6 heteroatoms. The fourth-order valence-electron chi connectivity index (χ4n) is 2.45. The van der Waals surface area contributed by atoms with Crippen LogP contribution in [0.2, 0.25) is 0 Å². The number of hydrogen-bond acceptors (Lipinski definition) is 5. The van der Waals surface area contributed by atoms with Crippen molar-refractivity contribution in [3.8, 4) is 0 Å². The molecule has 18 heavy (non-hydrogen) atoms. The highest BCUT2D eigenvalue weighted by Gasteiger charge is 2.35. The fourth-order valence-corrected chi connectivity index (χ4v) is 4.92. The molecule has 0 radical (unpaired) electrons. The van der Waals surface area contributed by atoms with Crippen molar-refractivity contribution in [2.45, 2.75) is 49.1 Å². The van der Waals surface area contributed by atoms with Crippen molar-refractivity contribution in [3.63, 3.8) is 0 Å². The quantitative estimate of drug-likeness (QED) is 0.920. The Morgan fingerprint density at radius 1 is 1.50 bits per heavy atom. The minimum atomic E-state index is -0.664. The molecular formula is C12H18N2O2S2. The van der Waals surface area contributed by atoms with Gasteiger partial charge in [-0.1, -0.05) is 36.4 Å². The second kappa shape index (κ2) is 6.02. The van der Waals surface area contributed by atoms with E-state index in [1.54, 1.807) is 23.1 Å². The maximum absolute atomic E-state index is 11.3. The first-order valence-electron chi connectivity index (χ1n) is 6.29. The zero-order valence-electron chi connectivity index (χ0n) is 10.6. The molecule has 0 amide bonds. The molecule has 3 atom stereocenters. The van der Waals surface area contributed by atoms with Crippen LogP contribution in [-0.2, 0) is 4.79 Å². The van der Waals surface area contributed by atoms with Gasteiger partial charge in [0.15, 0.2) is 4.34 Å². The lowest BCUT2D eigenvalue weighted by Gasteiger charge is -2.32. The molecule has 0 spiro atoms. The highest BCUT2D eigenvalue weighted by molar-refractivity contribution is 8.01. The van der Waals surface area contributed by atoms with Gasteiger partial charge in [-0.15, -0.1) is 10.2 Å². The Balaban J connectivity index is 2.07. The molecule has 0 aromatic carbocycles. The number of thioether (sulfide) groups is 1. The third-order valence-corrected chi connectivity index (χ3v) is 5.83. The van der Waals surface area contributed by atoms with Crippen LogP contribution in [0.1, 0.15) is 37.6 Å². The van der Waals surface area contributed by atoms with Gasteiger partial charge in [-0.3, -0.25) is 4.79 Å². The van der Waals surface area contributed by atoms with Crippen molar-refractivity contribution < 1.29 is 9.90 Å². The summed E-state index contributed by atoms with van der Waals surface area (Å²) in [6, 6.07) is 0. The number of hydrogen-bond donors (Lipinski definition) is 1. The average Bonchev–Trinajstić information content (AvgIpc) is 2.74. The summed E-state index contributed by atoms with van der Waals surface area (Å²) in [6.45, 7) is 4.11. The molecule has 0 aliphatic heterocycles. The Hall–Kier alpha value is -0.620. The third-order valence-electron chi connectivity index (χ3n) is 3.55. The van der Waals surface area contributed by atoms with Crippen molar-refractivity contribution in [2.75, 3.05) is 0 Å². The minimum absolute atomic E-state index is 0.147. The summed E-state index contributed by atoms with van der Waals surface area (Å²) in [4.78, 5) is 11.3. The van der Waals surface area contributed by atoms with E-state index in [1.807, 2.05) is 6.92 Å². The largest absolute Gasteiger partial charge is 0.481 e. The van der Waals surface area contributed by atoms with Gasteiger partial charge in [-0.2, -0.15) is 0 Å². The smallest absolute Gasteiger partial charge is 0.307 e. The van der Waals surface area contributed by atoms with E-state index in [2.05, 4.69) is 17.1 Å². The number of nitrogens with zero attached hydrogens (tertiary/aromatic N) is 2. The van der Waals surface area contributed by atoms with E-state index in [9.17, 15) is 9.90 Å². The van der Waals surface area contributed by atoms with Gasteiger partial charge in [0.1, 0.15) is 5.01 Å². The highest BCUT2D eigenvalue weighted by Crippen LogP contribution is 2.41. The maximum atomic E-state index is 11.3. The molecule has 1 aromatic rings. The average molecular weight is 286 g/mol. The predicted molar refractivity (Wildman–Crippen MR) is 73.0 cm³/mol. The number of aryl methyl sites for hydroxylation is 1. The van der Waals surface area contributed by atoms with Crippen LogP contribution in [0, 0.1) is 18.8 Å². The number of carboxylic acid groups (broad SMARTS) is 1. The van der Waals surface area contributed by atoms with Crippen LogP contribution in [0.3, 0.4) is 0 Å². The Labute approximate surface area is 115 Å². The monoisotopic (exact) mass is 286 g/mol. The van der Waals surface area contributed by atoms with Crippen LogP contribution < -0.4 is 0 Å².